The minimum absolute atomic E-state index is 0.592. The van der Waals surface area contributed by atoms with Gasteiger partial charge in [-0.3, -0.25) is 9.69 Å². The Kier molecular flexibility index (Phi) is 3.45. The van der Waals surface area contributed by atoms with Gasteiger partial charge in [-0.2, -0.15) is 0 Å². The Hall–Kier alpha value is -1.88. The molecule has 0 aromatic carbocycles. The molecule has 1 atom stereocenters. The standard InChI is InChI=1S/C16H21N3O2/c1-12-4-5-14-17-13(10-19(14)8-12)9-18-7-3-6-16(2,11-18)15(20)21/h4-5,8,10H,3,6-7,9,11H2,1-2H3,(H,20,21). The number of fused-ring (bicyclic) bond motifs is 1. The molecular formula is C16H21N3O2. The third-order valence-corrected chi connectivity index (χ3v) is 4.33. The number of hydrogen-bond donors (Lipinski definition) is 1. The number of pyridine rings is 1. The van der Waals surface area contributed by atoms with Crippen molar-refractivity contribution in [1.29, 1.82) is 0 Å². The first-order valence-corrected chi connectivity index (χ1v) is 7.36. The first kappa shape index (κ1) is 14.1. The molecule has 0 saturated carbocycles. The number of aliphatic carboxylic acids is 1. The third kappa shape index (κ3) is 2.78. The first-order chi connectivity index (χ1) is 9.96. The highest BCUT2D eigenvalue weighted by atomic mass is 16.4. The van der Waals surface area contributed by atoms with E-state index in [0.29, 0.717) is 13.1 Å². The Morgan fingerprint density at radius 1 is 1.43 bits per heavy atom. The van der Waals surface area contributed by atoms with Gasteiger partial charge in [0.2, 0.25) is 0 Å². The Bertz CT molecular complexity index is 679. The smallest absolute Gasteiger partial charge is 0.310 e. The lowest BCUT2D eigenvalue weighted by atomic mass is 9.82. The number of carbonyl (C=O) groups is 1. The van der Waals surface area contributed by atoms with Crippen molar-refractivity contribution in [3.63, 3.8) is 0 Å². The van der Waals surface area contributed by atoms with Crippen LogP contribution >= 0.6 is 0 Å². The van der Waals surface area contributed by atoms with Gasteiger partial charge in [0.05, 0.1) is 11.1 Å². The van der Waals surface area contributed by atoms with E-state index in [2.05, 4.69) is 29.1 Å². The maximum atomic E-state index is 11.4. The number of rotatable bonds is 3. The minimum atomic E-state index is -0.696. The van der Waals surface area contributed by atoms with Crippen LogP contribution < -0.4 is 0 Å². The number of imidazole rings is 1. The molecule has 21 heavy (non-hydrogen) atoms. The molecule has 1 unspecified atom stereocenters. The molecular weight excluding hydrogens is 266 g/mol. The zero-order chi connectivity index (χ0) is 15.0. The second-order valence-electron chi connectivity index (χ2n) is 6.38. The summed E-state index contributed by atoms with van der Waals surface area (Å²) in [5, 5.41) is 9.38. The largest absolute Gasteiger partial charge is 0.481 e. The molecule has 1 fully saturated rings. The fourth-order valence-corrected chi connectivity index (χ4v) is 3.11. The van der Waals surface area contributed by atoms with Crippen molar-refractivity contribution in [1.82, 2.24) is 14.3 Å². The monoisotopic (exact) mass is 287 g/mol. The molecule has 0 amide bonds. The number of aromatic nitrogens is 2. The van der Waals surface area contributed by atoms with Crippen LogP contribution in [-0.2, 0) is 11.3 Å². The number of aryl methyl sites for hydroxylation is 1. The van der Waals surface area contributed by atoms with Gasteiger partial charge in [-0.25, -0.2) is 4.98 Å². The number of carboxylic acid groups (broad SMARTS) is 1. The maximum Gasteiger partial charge on any atom is 0.310 e. The zero-order valence-corrected chi connectivity index (χ0v) is 12.5. The van der Waals surface area contributed by atoms with Gasteiger partial charge in [0.15, 0.2) is 0 Å². The molecule has 0 bridgehead atoms. The quantitative estimate of drug-likeness (QED) is 0.941. The Labute approximate surface area is 124 Å². The molecule has 0 spiro atoms. The van der Waals surface area contributed by atoms with E-state index in [-0.39, 0.29) is 0 Å². The summed E-state index contributed by atoms with van der Waals surface area (Å²) in [5.41, 5.74) is 2.50. The van der Waals surface area contributed by atoms with Gasteiger partial charge in [0, 0.05) is 25.5 Å². The van der Waals surface area contributed by atoms with Crippen molar-refractivity contribution in [3.05, 3.63) is 35.8 Å². The van der Waals surface area contributed by atoms with E-state index in [9.17, 15) is 9.90 Å². The van der Waals surface area contributed by atoms with Gasteiger partial charge in [0.1, 0.15) is 5.65 Å². The number of piperidine rings is 1. The summed E-state index contributed by atoms with van der Waals surface area (Å²) in [6, 6.07) is 4.06. The molecule has 2 aromatic heterocycles. The molecule has 1 aliphatic rings. The number of likely N-dealkylation sites (tertiary alicyclic amines) is 1. The lowest BCUT2D eigenvalue weighted by Gasteiger charge is -2.37. The van der Waals surface area contributed by atoms with E-state index < -0.39 is 11.4 Å². The number of nitrogens with zero attached hydrogens (tertiary/aromatic N) is 3. The van der Waals surface area contributed by atoms with Gasteiger partial charge in [0.25, 0.3) is 0 Å². The highest BCUT2D eigenvalue weighted by molar-refractivity contribution is 5.74. The average molecular weight is 287 g/mol. The normalized spacial score (nSPS) is 23.5. The van der Waals surface area contributed by atoms with Gasteiger partial charge in [-0.1, -0.05) is 6.07 Å². The number of hydrogen-bond acceptors (Lipinski definition) is 3. The molecule has 3 rings (SSSR count). The Balaban J connectivity index is 1.77. The predicted molar refractivity (Wildman–Crippen MR) is 80.2 cm³/mol. The summed E-state index contributed by atoms with van der Waals surface area (Å²) >= 11 is 0. The summed E-state index contributed by atoms with van der Waals surface area (Å²) < 4.78 is 2.03. The van der Waals surface area contributed by atoms with E-state index in [1.807, 2.05) is 23.6 Å². The van der Waals surface area contributed by atoms with Gasteiger partial charge in [-0.15, -0.1) is 0 Å². The highest BCUT2D eigenvalue weighted by Crippen LogP contribution is 2.30. The Morgan fingerprint density at radius 2 is 2.24 bits per heavy atom. The third-order valence-electron chi connectivity index (χ3n) is 4.33. The van der Waals surface area contributed by atoms with Crippen LogP contribution in [0.2, 0.25) is 0 Å². The second kappa shape index (κ2) is 5.15. The van der Waals surface area contributed by atoms with Crippen molar-refractivity contribution in [2.24, 2.45) is 5.41 Å². The highest BCUT2D eigenvalue weighted by Gasteiger charge is 2.37. The van der Waals surface area contributed by atoms with E-state index in [0.717, 1.165) is 30.7 Å². The summed E-state index contributed by atoms with van der Waals surface area (Å²) in [7, 11) is 0. The fourth-order valence-electron chi connectivity index (χ4n) is 3.11. The lowest BCUT2D eigenvalue weighted by Crippen LogP contribution is -2.45. The second-order valence-corrected chi connectivity index (χ2v) is 6.38. The summed E-state index contributed by atoms with van der Waals surface area (Å²) in [6.45, 7) is 6.14. The molecule has 112 valence electrons. The van der Waals surface area contributed by atoms with E-state index in [1.165, 1.54) is 5.56 Å². The molecule has 3 heterocycles. The minimum Gasteiger partial charge on any atom is -0.481 e. The SMILES string of the molecule is Cc1ccc2nc(CN3CCCC(C)(C(=O)O)C3)cn2c1. The topological polar surface area (TPSA) is 57.8 Å². The van der Waals surface area contributed by atoms with Crippen molar-refractivity contribution < 1.29 is 9.90 Å². The van der Waals surface area contributed by atoms with Gasteiger partial charge < -0.3 is 9.51 Å². The molecule has 1 saturated heterocycles. The van der Waals surface area contributed by atoms with E-state index in [1.54, 1.807) is 0 Å². The molecule has 1 aliphatic heterocycles. The van der Waals surface area contributed by atoms with Crippen molar-refractivity contribution >= 4 is 11.6 Å². The van der Waals surface area contributed by atoms with Crippen LogP contribution in [0.15, 0.2) is 24.5 Å². The molecule has 5 nitrogen and oxygen atoms in total. The first-order valence-electron chi connectivity index (χ1n) is 7.36. The summed E-state index contributed by atoms with van der Waals surface area (Å²) in [6.07, 6.45) is 5.77. The molecule has 5 heteroatoms. The van der Waals surface area contributed by atoms with E-state index in [4.69, 9.17) is 0 Å². The Morgan fingerprint density at radius 3 is 3.00 bits per heavy atom. The van der Waals surface area contributed by atoms with Crippen LogP contribution in [0, 0.1) is 12.3 Å². The molecule has 0 radical (unpaired) electrons. The summed E-state index contributed by atoms with van der Waals surface area (Å²) in [5.74, 6) is -0.696. The van der Waals surface area contributed by atoms with E-state index >= 15 is 0 Å². The van der Waals surface area contributed by atoms with Crippen LogP contribution in [0.4, 0.5) is 0 Å². The van der Waals surface area contributed by atoms with Crippen LogP contribution in [0.3, 0.4) is 0 Å². The molecule has 2 aromatic rings. The molecule has 0 aliphatic carbocycles. The maximum absolute atomic E-state index is 11.4. The predicted octanol–water partition coefficient (Wildman–Crippen LogP) is 2.33. The average Bonchev–Trinajstić information content (AvgIpc) is 2.80. The number of carboxylic acids is 1. The van der Waals surface area contributed by atoms with Crippen LogP contribution in [0.1, 0.15) is 31.0 Å². The molecule has 1 N–H and O–H groups in total. The van der Waals surface area contributed by atoms with Gasteiger partial charge in [-0.05, 0) is 44.9 Å². The van der Waals surface area contributed by atoms with Crippen molar-refractivity contribution in [3.8, 4) is 0 Å². The zero-order valence-electron chi connectivity index (χ0n) is 12.5. The van der Waals surface area contributed by atoms with Crippen LogP contribution in [0.5, 0.6) is 0 Å². The van der Waals surface area contributed by atoms with Crippen LogP contribution in [0.25, 0.3) is 5.65 Å². The summed E-state index contributed by atoms with van der Waals surface area (Å²) in [4.78, 5) is 18.2. The van der Waals surface area contributed by atoms with Gasteiger partial charge >= 0.3 is 5.97 Å². The van der Waals surface area contributed by atoms with Crippen molar-refractivity contribution in [2.45, 2.75) is 33.2 Å². The van der Waals surface area contributed by atoms with Crippen LogP contribution in [-0.4, -0.2) is 38.4 Å². The fraction of sp³-hybridized carbons (Fsp3) is 0.500. The lowest BCUT2D eigenvalue weighted by molar-refractivity contribution is -0.151. The van der Waals surface area contributed by atoms with Crippen molar-refractivity contribution in [2.75, 3.05) is 13.1 Å².